The van der Waals surface area contributed by atoms with Crippen molar-refractivity contribution < 1.29 is 4.79 Å². The van der Waals surface area contributed by atoms with Crippen molar-refractivity contribution in [3.05, 3.63) is 87.6 Å². The van der Waals surface area contributed by atoms with E-state index in [1.807, 2.05) is 53.5 Å². The predicted molar refractivity (Wildman–Crippen MR) is 147 cm³/mol. The molecule has 0 atom stereocenters. The lowest BCUT2D eigenvalue weighted by atomic mass is 10.1. The van der Waals surface area contributed by atoms with Gasteiger partial charge in [0.1, 0.15) is 16.5 Å². The summed E-state index contributed by atoms with van der Waals surface area (Å²) in [7, 11) is 0. The summed E-state index contributed by atoms with van der Waals surface area (Å²) in [6, 6.07) is 18.4. The fourth-order valence-electron chi connectivity index (χ4n) is 5.55. The summed E-state index contributed by atoms with van der Waals surface area (Å²) in [4.78, 5) is 30.5. The molecule has 1 saturated heterocycles. The maximum absolute atomic E-state index is 13.2. The van der Waals surface area contributed by atoms with Gasteiger partial charge in [-0.05, 0) is 55.4 Å². The third-order valence-electron chi connectivity index (χ3n) is 7.54. The minimum absolute atomic E-state index is 0.134. The fraction of sp³-hybridized carbons (Fsp3) is 0.367. The van der Waals surface area contributed by atoms with Crippen molar-refractivity contribution in [1.82, 2.24) is 14.9 Å². The second-order valence-electron chi connectivity index (χ2n) is 9.96. The van der Waals surface area contributed by atoms with E-state index < -0.39 is 0 Å². The van der Waals surface area contributed by atoms with Gasteiger partial charge in [0.05, 0.1) is 5.39 Å². The summed E-state index contributed by atoms with van der Waals surface area (Å²) in [6.07, 6.45) is 6.81. The predicted octanol–water partition coefficient (Wildman–Crippen LogP) is 5.82. The van der Waals surface area contributed by atoms with Gasteiger partial charge in [-0.3, -0.25) is 4.79 Å². The lowest BCUT2D eigenvalue weighted by molar-refractivity contribution is 0.0746. The molecule has 0 bridgehead atoms. The van der Waals surface area contributed by atoms with Crippen molar-refractivity contribution in [3.8, 4) is 0 Å². The summed E-state index contributed by atoms with van der Waals surface area (Å²) in [6.45, 7) is 5.01. The normalized spacial score (nSPS) is 16.1. The maximum atomic E-state index is 13.2. The highest BCUT2D eigenvalue weighted by molar-refractivity contribution is 7.19. The van der Waals surface area contributed by atoms with E-state index in [9.17, 15) is 4.79 Å². The number of rotatable bonds is 4. The van der Waals surface area contributed by atoms with Crippen molar-refractivity contribution in [3.63, 3.8) is 0 Å². The number of benzene rings is 2. The summed E-state index contributed by atoms with van der Waals surface area (Å²) < 4.78 is 0. The SMILES string of the molecule is Cc1ccccc1C(=O)N1CCN(c2nc(Cc3ccccc3)nc3sc4c(c23)CCCCC4)CC1. The Balaban J connectivity index is 1.32. The van der Waals surface area contributed by atoms with Crippen LogP contribution in [0.3, 0.4) is 0 Å². The van der Waals surface area contributed by atoms with Gasteiger partial charge in [0.2, 0.25) is 0 Å². The molecular formula is C30H32N4OS. The number of carbonyl (C=O) groups excluding carboxylic acids is 1. The molecule has 0 unspecified atom stereocenters. The molecule has 184 valence electrons. The van der Waals surface area contributed by atoms with Gasteiger partial charge < -0.3 is 9.80 Å². The second-order valence-corrected chi connectivity index (χ2v) is 11.0. The van der Waals surface area contributed by atoms with Crippen LogP contribution < -0.4 is 4.90 Å². The molecular weight excluding hydrogens is 464 g/mol. The number of piperazine rings is 1. The number of aryl methyl sites for hydroxylation is 3. The molecule has 1 amide bonds. The molecule has 0 saturated carbocycles. The van der Waals surface area contributed by atoms with Crippen LogP contribution in [0, 0.1) is 6.92 Å². The van der Waals surface area contributed by atoms with Gasteiger partial charge in [-0.15, -0.1) is 11.3 Å². The highest BCUT2D eigenvalue weighted by atomic mass is 32.1. The van der Waals surface area contributed by atoms with E-state index in [1.54, 1.807) is 0 Å². The first-order valence-corrected chi connectivity index (χ1v) is 13.9. The Morgan fingerprint density at radius 2 is 1.64 bits per heavy atom. The molecule has 5 nitrogen and oxygen atoms in total. The van der Waals surface area contributed by atoms with Crippen LogP contribution in [0.2, 0.25) is 0 Å². The van der Waals surface area contributed by atoms with Crippen LogP contribution in [0.4, 0.5) is 5.82 Å². The zero-order chi connectivity index (χ0) is 24.5. The lowest BCUT2D eigenvalue weighted by Crippen LogP contribution is -2.49. The van der Waals surface area contributed by atoms with Gasteiger partial charge in [-0.1, -0.05) is 55.0 Å². The van der Waals surface area contributed by atoms with Gasteiger partial charge in [0.15, 0.2) is 0 Å². The molecule has 36 heavy (non-hydrogen) atoms. The van der Waals surface area contributed by atoms with Crippen LogP contribution in [-0.4, -0.2) is 47.0 Å². The second kappa shape index (κ2) is 10.0. The number of thiophene rings is 1. The first-order valence-electron chi connectivity index (χ1n) is 13.1. The Kier molecular flexibility index (Phi) is 6.45. The molecule has 6 heteroatoms. The third-order valence-corrected chi connectivity index (χ3v) is 8.72. The lowest BCUT2D eigenvalue weighted by Gasteiger charge is -2.36. The number of hydrogen-bond acceptors (Lipinski definition) is 5. The molecule has 3 heterocycles. The quantitative estimate of drug-likeness (QED) is 0.334. The number of nitrogens with zero attached hydrogens (tertiary/aromatic N) is 4. The number of fused-ring (bicyclic) bond motifs is 3. The fourth-order valence-corrected chi connectivity index (χ4v) is 6.82. The molecule has 1 aliphatic heterocycles. The molecule has 0 spiro atoms. The first-order chi connectivity index (χ1) is 17.7. The number of aromatic nitrogens is 2. The number of carbonyl (C=O) groups is 1. The van der Waals surface area contributed by atoms with Crippen molar-refractivity contribution in [2.75, 3.05) is 31.1 Å². The highest BCUT2D eigenvalue weighted by Crippen LogP contribution is 2.39. The maximum Gasteiger partial charge on any atom is 0.254 e. The van der Waals surface area contributed by atoms with Gasteiger partial charge in [-0.25, -0.2) is 9.97 Å². The third kappa shape index (κ3) is 4.50. The van der Waals surface area contributed by atoms with Gasteiger partial charge in [0.25, 0.3) is 5.91 Å². The van der Waals surface area contributed by atoms with Crippen molar-refractivity contribution >= 4 is 33.3 Å². The zero-order valence-electron chi connectivity index (χ0n) is 20.9. The van der Waals surface area contributed by atoms with E-state index >= 15 is 0 Å². The number of amides is 1. The molecule has 2 aromatic heterocycles. The summed E-state index contributed by atoms with van der Waals surface area (Å²) in [5.41, 5.74) is 4.55. The van der Waals surface area contributed by atoms with Crippen molar-refractivity contribution in [2.45, 2.75) is 45.4 Å². The van der Waals surface area contributed by atoms with Crippen molar-refractivity contribution in [1.29, 1.82) is 0 Å². The Morgan fingerprint density at radius 1 is 0.889 bits per heavy atom. The highest BCUT2D eigenvalue weighted by Gasteiger charge is 2.28. The molecule has 0 N–H and O–H groups in total. The van der Waals surface area contributed by atoms with Crippen LogP contribution in [0.15, 0.2) is 54.6 Å². The van der Waals surface area contributed by atoms with E-state index in [0.717, 1.165) is 60.0 Å². The summed E-state index contributed by atoms with van der Waals surface area (Å²) >= 11 is 1.88. The van der Waals surface area contributed by atoms with E-state index in [0.29, 0.717) is 13.1 Å². The van der Waals surface area contributed by atoms with Crippen LogP contribution in [0.1, 0.15) is 57.0 Å². The number of anilines is 1. The van der Waals surface area contributed by atoms with E-state index in [2.05, 4.69) is 29.2 Å². The minimum atomic E-state index is 0.134. The van der Waals surface area contributed by atoms with E-state index in [4.69, 9.17) is 9.97 Å². The molecule has 4 aromatic rings. The first kappa shape index (κ1) is 23.2. The Hall–Kier alpha value is -3.25. The Morgan fingerprint density at radius 3 is 2.44 bits per heavy atom. The molecule has 2 aliphatic rings. The monoisotopic (exact) mass is 496 g/mol. The molecule has 1 fully saturated rings. The molecule has 0 radical (unpaired) electrons. The van der Waals surface area contributed by atoms with Crippen LogP contribution in [0.5, 0.6) is 0 Å². The average molecular weight is 497 g/mol. The largest absolute Gasteiger partial charge is 0.352 e. The zero-order valence-corrected chi connectivity index (χ0v) is 21.7. The van der Waals surface area contributed by atoms with E-state index in [1.165, 1.54) is 40.7 Å². The Labute approximate surface area is 216 Å². The van der Waals surface area contributed by atoms with E-state index in [-0.39, 0.29) is 5.91 Å². The van der Waals surface area contributed by atoms with Crippen molar-refractivity contribution in [2.24, 2.45) is 0 Å². The Bertz CT molecular complexity index is 1390. The van der Waals surface area contributed by atoms with Gasteiger partial charge in [0, 0.05) is 43.0 Å². The van der Waals surface area contributed by atoms with Gasteiger partial charge >= 0.3 is 0 Å². The minimum Gasteiger partial charge on any atom is -0.352 e. The van der Waals surface area contributed by atoms with Crippen LogP contribution >= 0.6 is 11.3 Å². The summed E-state index contributed by atoms with van der Waals surface area (Å²) in [5, 5.41) is 1.27. The van der Waals surface area contributed by atoms with Crippen LogP contribution in [0.25, 0.3) is 10.2 Å². The molecule has 6 rings (SSSR count). The van der Waals surface area contributed by atoms with Gasteiger partial charge in [-0.2, -0.15) is 0 Å². The standard InChI is InChI=1S/C30H32N4OS/c1-21-10-8-9-13-23(21)30(35)34-18-16-33(17-19-34)28-27-24-14-6-3-7-15-25(24)36-29(27)32-26(31-28)20-22-11-4-2-5-12-22/h2,4-5,8-13H,3,6-7,14-20H2,1H3. The topological polar surface area (TPSA) is 49.3 Å². The average Bonchev–Trinajstić information content (AvgIpc) is 3.09. The smallest absolute Gasteiger partial charge is 0.254 e. The number of hydrogen-bond donors (Lipinski definition) is 0. The summed E-state index contributed by atoms with van der Waals surface area (Å²) in [5.74, 6) is 2.10. The molecule has 1 aliphatic carbocycles. The van der Waals surface area contributed by atoms with Crippen LogP contribution in [-0.2, 0) is 19.3 Å². The molecule has 2 aromatic carbocycles.